The second-order valence-corrected chi connectivity index (χ2v) is 7.90. The highest BCUT2D eigenvalue weighted by molar-refractivity contribution is 5.89. The molecular weight excluding hydrogens is 430 g/mol. The number of carbonyl (C=O) groups excluding carboxylic acids is 2. The number of aromatic nitrogens is 2. The highest BCUT2D eigenvalue weighted by Crippen LogP contribution is 2.31. The monoisotopic (exact) mass is 459 g/mol. The number of esters is 1. The van der Waals surface area contributed by atoms with Gasteiger partial charge in [-0.1, -0.05) is 17.7 Å². The van der Waals surface area contributed by atoms with Gasteiger partial charge in [0, 0.05) is 31.3 Å². The number of nitrogens with zero attached hydrogens (tertiary/aromatic N) is 2. The molecule has 1 aromatic carbocycles. The van der Waals surface area contributed by atoms with E-state index in [-0.39, 0.29) is 13.0 Å². The Morgan fingerprint density at radius 3 is 2.45 bits per heavy atom. The van der Waals surface area contributed by atoms with Crippen molar-refractivity contribution in [1.29, 1.82) is 0 Å². The molecule has 1 aliphatic heterocycles. The topological polar surface area (TPSA) is 120 Å². The number of carbonyl (C=O) groups is 2. The molecule has 178 valence electrons. The van der Waals surface area contributed by atoms with E-state index in [0.717, 1.165) is 5.56 Å². The number of H-pyrrole nitrogens is 1. The highest BCUT2D eigenvalue weighted by atomic mass is 16.6. The Labute approximate surface area is 191 Å². The first-order chi connectivity index (χ1) is 15.7. The van der Waals surface area contributed by atoms with E-state index in [1.165, 1.54) is 15.7 Å². The maximum atomic E-state index is 12.7. The number of benzene rings is 1. The van der Waals surface area contributed by atoms with E-state index in [0.29, 0.717) is 24.2 Å². The third-order valence-corrected chi connectivity index (χ3v) is 5.58. The summed E-state index contributed by atoms with van der Waals surface area (Å²) in [6, 6.07) is 6.93. The molecule has 1 aromatic heterocycles. The molecule has 0 radical (unpaired) electrons. The molecule has 1 amide bonds. The third-order valence-electron chi connectivity index (χ3n) is 5.58. The van der Waals surface area contributed by atoms with Crippen molar-refractivity contribution in [3.63, 3.8) is 0 Å². The fraction of sp³-hybridized carbons (Fsp3) is 0.478. The number of nitrogens with one attached hydrogen (secondary N) is 1. The van der Waals surface area contributed by atoms with E-state index >= 15 is 0 Å². The van der Waals surface area contributed by atoms with Gasteiger partial charge >= 0.3 is 17.8 Å². The van der Waals surface area contributed by atoms with Gasteiger partial charge in [-0.05, 0) is 39.8 Å². The van der Waals surface area contributed by atoms with Crippen molar-refractivity contribution in [3.8, 4) is 0 Å². The van der Waals surface area contributed by atoms with E-state index in [2.05, 4.69) is 4.98 Å². The van der Waals surface area contributed by atoms with Crippen LogP contribution in [0.4, 0.5) is 4.79 Å². The van der Waals surface area contributed by atoms with Gasteiger partial charge in [0.25, 0.3) is 5.56 Å². The Balaban J connectivity index is 1.80. The average Bonchev–Trinajstić information content (AvgIpc) is 3.18. The zero-order valence-corrected chi connectivity index (χ0v) is 19.2. The van der Waals surface area contributed by atoms with Gasteiger partial charge < -0.3 is 19.1 Å². The van der Waals surface area contributed by atoms with Crippen LogP contribution in [0, 0.1) is 13.8 Å². The minimum atomic E-state index is -0.805. The number of hydrogen-bond acceptors (Lipinski definition) is 7. The maximum absolute atomic E-state index is 12.7. The lowest BCUT2D eigenvalue weighted by Gasteiger charge is -2.22. The molecule has 10 heteroatoms. The van der Waals surface area contributed by atoms with Crippen molar-refractivity contribution < 1.29 is 23.8 Å². The summed E-state index contributed by atoms with van der Waals surface area (Å²) in [7, 11) is 0. The van der Waals surface area contributed by atoms with Crippen LogP contribution in [0.2, 0.25) is 0 Å². The lowest BCUT2D eigenvalue weighted by molar-refractivity contribution is -0.0577. The number of aromatic amines is 1. The molecule has 1 fully saturated rings. The summed E-state index contributed by atoms with van der Waals surface area (Å²) in [5.41, 5.74) is 0.592. The van der Waals surface area contributed by atoms with E-state index in [1.54, 1.807) is 31.2 Å². The van der Waals surface area contributed by atoms with E-state index in [4.69, 9.17) is 14.2 Å². The highest BCUT2D eigenvalue weighted by Gasteiger charge is 2.40. The standard InChI is InChI=1S/C23H29N3O7/c1-5-25(6-2)23(30)31-13-18-17(33-21(28)16-9-7-14(3)8-10-16)11-19(32-18)26-12-15(4)20(27)24-22(26)29/h7-10,12,17-19H,5-6,11,13H2,1-4H3,(H,24,27,29)/t17-,18+,19+/m0/s1. The number of aryl methyl sites for hydroxylation is 2. The van der Waals surface area contributed by atoms with Gasteiger partial charge in [-0.3, -0.25) is 14.3 Å². The van der Waals surface area contributed by atoms with E-state index < -0.39 is 41.7 Å². The van der Waals surface area contributed by atoms with Crippen LogP contribution in [0.3, 0.4) is 0 Å². The van der Waals surface area contributed by atoms with Crippen molar-refractivity contribution in [2.75, 3.05) is 19.7 Å². The predicted molar refractivity (Wildman–Crippen MR) is 119 cm³/mol. The molecule has 3 rings (SSSR count). The van der Waals surface area contributed by atoms with Crippen LogP contribution in [-0.2, 0) is 14.2 Å². The second-order valence-electron chi connectivity index (χ2n) is 7.90. The summed E-state index contributed by atoms with van der Waals surface area (Å²) in [5.74, 6) is -0.547. The fourth-order valence-electron chi connectivity index (χ4n) is 3.57. The van der Waals surface area contributed by atoms with Crippen LogP contribution < -0.4 is 11.2 Å². The summed E-state index contributed by atoms with van der Waals surface area (Å²) < 4.78 is 18.3. The normalized spacial score (nSPS) is 19.8. The van der Waals surface area contributed by atoms with Gasteiger partial charge in [-0.25, -0.2) is 14.4 Å². The smallest absolute Gasteiger partial charge is 0.409 e. The Morgan fingerprint density at radius 1 is 1.15 bits per heavy atom. The number of ether oxygens (including phenoxy) is 3. The lowest BCUT2D eigenvalue weighted by Crippen LogP contribution is -2.36. The van der Waals surface area contributed by atoms with Crippen molar-refractivity contribution in [3.05, 3.63) is 68.0 Å². The molecule has 0 aliphatic carbocycles. The molecule has 0 spiro atoms. The quantitative estimate of drug-likeness (QED) is 0.630. The second kappa shape index (κ2) is 10.5. The minimum absolute atomic E-state index is 0.149. The molecule has 2 aromatic rings. The first kappa shape index (κ1) is 24.2. The molecule has 2 heterocycles. The largest absolute Gasteiger partial charge is 0.456 e. The zero-order valence-electron chi connectivity index (χ0n) is 19.2. The summed E-state index contributed by atoms with van der Waals surface area (Å²) in [6.45, 7) is 7.97. The minimum Gasteiger partial charge on any atom is -0.456 e. The van der Waals surface area contributed by atoms with Crippen molar-refractivity contribution in [1.82, 2.24) is 14.5 Å². The number of rotatable bonds is 7. The van der Waals surface area contributed by atoms with Crippen LogP contribution in [0.15, 0.2) is 40.1 Å². The van der Waals surface area contributed by atoms with Gasteiger partial charge in [-0.15, -0.1) is 0 Å². The summed E-state index contributed by atoms with van der Waals surface area (Å²) in [6.07, 6.45) is -1.32. The molecule has 0 bridgehead atoms. The van der Waals surface area contributed by atoms with Crippen LogP contribution >= 0.6 is 0 Å². The van der Waals surface area contributed by atoms with Gasteiger partial charge in [0.05, 0.1) is 5.56 Å². The third kappa shape index (κ3) is 5.70. The maximum Gasteiger partial charge on any atom is 0.409 e. The first-order valence-electron chi connectivity index (χ1n) is 10.9. The zero-order chi connectivity index (χ0) is 24.1. The van der Waals surface area contributed by atoms with Gasteiger partial charge in [-0.2, -0.15) is 0 Å². The van der Waals surface area contributed by atoms with Crippen molar-refractivity contribution in [2.24, 2.45) is 0 Å². The van der Waals surface area contributed by atoms with Crippen molar-refractivity contribution in [2.45, 2.75) is 52.6 Å². The molecule has 10 nitrogen and oxygen atoms in total. The molecule has 1 aliphatic rings. The lowest BCUT2D eigenvalue weighted by atomic mass is 10.1. The van der Waals surface area contributed by atoms with Crippen LogP contribution in [0.1, 0.15) is 48.0 Å². The fourth-order valence-corrected chi connectivity index (χ4v) is 3.57. The average molecular weight is 459 g/mol. The summed E-state index contributed by atoms with van der Waals surface area (Å²) in [5, 5.41) is 0. The molecule has 1 N–H and O–H groups in total. The molecule has 0 saturated carbocycles. The van der Waals surface area contributed by atoms with Gasteiger partial charge in [0.15, 0.2) is 0 Å². The molecule has 33 heavy (non-hydrogen) atoms. The van der Waals surface area contributed by atoms with Gasteiger partial charge in [0.2, 0.25) is 0 Å². The Bertz CT molecular complexity index is 1100. The van der Waals surface area contributed by atoms with E-state index in [1.807, 2.05) is 20.8 Å². The summed E-state index contributed by atoms with van der Waals surface area (Å²) >= 11 is 0. The number of amides is 1. The van der Waals surface area contributed by atoms with Gasteiger partial charge in [0.1, 0.15) is 25.0 Å². The molecular formula is C23H29N3O7. The predicted octanol–water partition coefficient (Wildman–Crippen LogP) is 2.14. The molecule has 3 atom stereocenters. The number of hydrogen-bond donors (Lipinski definition) is 1. The Hall–Kier alpha value is -3.40. The Morgan fingerprint density at radius 2 is 1.82 bits per heavy atom. The SMILES string of the molecule is CCN(CC)C(=O)OC[C@H]1O[C@@H](n2cc(C)c(=O)[nH]c2=O)C[C@@H]1OC(=O)c1ccc(C)cc1. The van der Waals surface area contributed by atoms with E-state index in [9.17, 15) is 19.2 Å². The van der Waals surface area contributed by atoms with Crippen LogP contribution in [0.25, 0.3) is 0 Å². The first-order valence-corrected chi connectivity index (χ1v) is 10.9. The molecule has 1 saturated heterocycles. The van der Waals surface area contributed by atoms with Crippen LogP contribution in [-0.4, -0.2) is 58.4 Å². The summed E-state index contributed by atoms with van der Waals surface area (Å²) in [4.78, 5) is 52.8. The Kier molecular flexibility index (Phi) is 7.70. The van der Waals surface area contributed by atoms with Crippen LogP contribution in [0.5, 0.6) is 0 Å². The molecule has 0 unspecified atom stereocenters. The van der Waals surface area contributed by atoms with Crippen molar-refractivity contribution >= 4 is 12.1 Å².